The van der Waals surface area contributed by atoms with Crippen LogP contribution in [0.5, 0.6) is 0 Å². The van der Waals surface area contributed by atoms with Gasteiger partial charge >= 0.3 is 0 Å². The SMILES string of the molecule is Cc1ccc(-c2csc3ncnc(Nc4cc(Cl)ccc4Cl)c23)c(C)c1. The highest BCUT2D eigenvalue weighted by Crippen LogP contribution is 2.39. The Morgan fingerprint density at radius 2 is 1.81 bits per heavy atom. The van der Waals surface area contributed by atoms with Crippen LogP contribution in [0, 0.1) is 13.8 Å². The summed E-state index contributed by atoms with van der Waals surface area (Å²) in [5.41, 5.74) is 5.48. The van der Waals surface area contributed by atoms with Crippen molar-refractivity contribution in [3.8, 4) is 11.1 Å². The first-order chi connectivity index (χ1) is 12.5. The number of hydrogen-bond donors (Lipinski definition) is 1. The Labute approximate surface area is 165 Å². The van der Waals surface area contributed by atoms with Crippen LogP contribution in [-0.2, 0) is 0 Å². The zero-order valence-electron chi connectivity index (χ0n) is 14.2. The predicted molar refractivity (Wildman–Crippen MR) is 112 cm³/mol. The van der Waals surface area contributed by atoms with E-state index in [9.17, 15) is 0 Å². The minimum absolute atomic E-state index is 0.587. The fourth-order valence-electron chi connectivity index (χ4n) is 3.00. The molecule has 4 rings (SSSR count). The van der Waals surface area contributed by atoms with E-state index in [1.54, 1.807) is 35.9 Å². The van der Waals surface area contributed by atoms with Gasteiger partial charge in [0.1, 0.15) is 17.0 Å². The fraction of sp³-hybridized carbons (Fsp3) is 0.100. The first kappa shape index (κ1) is 17.3. The molecule has 0 saturated heterocycles. The molecule has 0 spiro atoms. The maximum Gasteiger partial charge on any atom is 0.143 e. The molecule has 0 unspecified atom stereocenters. The lowest BCUT2D eigenvalue weighted by Crippen LogP contribution is -1.96. The van der Waals surface area contributed by atoms with E-state index in [0.29, 0.717) is 10.0 Å². The lowest BCUT2D eigenvalue weighted by molar-refractivity contribution is 1.23. The van der Waals surface area contributed by atoms with Crippen LogP contribution in [0.25, 0.3) is 21.3 Å². The smallest absolute Gasteiger partial charge is 0.143 e. The highest BCUT2D eigenvalue weighted by atomic mass is 35.5. The summed E-state index contributed by atoms with van der Waals surface area (Å²) in [4.78, 5) is 9.81. The van der Waals surface area contributed by atoms with Gasteiger partial charge in [-0.05, 0) is 43.2 Å². The van der Waals surface area contributed by atoms with Gasteiger partial charge in [0.25, 0.3) is 0 Å². The number of hydrogen-bond acceptors (Lipinski definition) is 4. The number of aryl methyl sites for hydroxylation is 2. The summed E-state index contributed by atoms with van der Waals surface area (Å²) in [7, 11) is 0. The second-order valence-corrected chi connectivity index (χ2v) is 7.82. The summed E-state index contributed by atoms with van der Waals surface area (Å²) in [6.45, 7) is 4.22. The van der Waals surface area contributed by atoms with E-state index in [4.69, 9.17) is 23.2 Å². The standard InChI is InChI=1S/C20H15Cl2N3S/c1-11-3-5-14(12(2)7-11)15-9-26-20-18(15)19(23-10-24-20)25-17-8-13(21)4-6-16(17)22/h3-10H,1-2H3,(H,23,24,25). The molecule has 0 aliphatic carbocycles. The number of thiophene rings is 1. The third kappa shape index (κ3) is 3.16. The molecule has 0 fully saturated rings. The van der Waals surface area contributed by atoms with E-state index in [0.717, 1.165) is 27.3 Å². The second-order valence-electron chi connectivity index (χ2n) is 6.12. The van der Waals surface area contributed by atoms with Gasteiger partial charge in [-0.3, -0.25) is 0 Å². The van der Waals surface area contributed by atoms with E-state index < -0.39 is 0 Å². The molecule has 2 aromatic carbocycles. The molecular formula is C20H15Cl2N3S. The van der Waals surface area contributed by atoms with Crippen LogP contribution in [0.15, 0.2) is 48.1 Å². The zero-order valence-corrected chi connectivity index (χ0v) is 16.5. The molecule has 2 aromatic heterocycles. The topological polar surface area (TPSA) is 37.8 Å². The molecule has 6 heteroatoms. The van der Waals surface area contributed by atoms with Crippen molar-refractivity contribution in [1.82, 2.24) is 9.97 Å². The van der Waals surface area contributed by atoms with E-state index in [2.05, 4.69) is 52.7 Å². The summed E-state index contributed by atoms with van der Waals surface area (Å²) in [5.74, 6) is 0.718. The number of nitrogens with zero attached hydrogens (tertiary/aromatic N) is 2. The Morgan fingerprint density at radius 3 is 2.62 bits per heavy atom. The van der Waals surface area contributed by atoms with Gasteiger partial charge in [-0.1, -0.05) is 47.0 Å². The monoisotopic (exact) mass is 399 g/mol. The molecule has 0 amide bonds. The number of aromatic nitrogens is 2. The van der Waals surface area contributed by atoms with Crippen molar-refractivity contribution in [1.29, 1.82) is 0 Å². The number of fused-ring (bicyclic) bond motifs is 1. The van der Waals surface area contributed by atoms with Gasteiger partial charge in [-0.2, -0.15) is 0 Å². The Hall–Kier alpha value is -2.14. The summed E-state index contributed by atoms with van der Waals surface area (Å²) >= 11 is 14.0. The third-order valence-corrected chi connectivity index (χ3v) is 5.67. The highest BCUT2D eigenvalue weighted by Gasteiger charge is 2.15. The molecule has 0 bridgehead atoms. The maximum atomic E-state index is 6.31. The van der Waals surface area contributed by atoms with Crippen molar-refractivity contribution in [2.75, 3.05) is 5.32 Å². The van der Waals surface area contributed by atoms with Gasteiger partial charge in [-0.15, -0.1) is 11.3 Å². The van der Waals surface area contributed by atoms with E-state index in [1.807, 2.05) is 0 Å². The van der Waals surface area contributed by atoms with Crippen LogP contribution < -0.4 is 5.32 Å². The minimum Gasteiger partial charge on any atom is -0.338 e. The fourth-order valence-corrected chi connectivity index (χ4v) is 4.25. The van der Waals surface area contributed by atoms with Crippen LogP contribution in [0.1, 0.15) is 11.1 Å². The van der Waals surface area contributed by atoms with E-state index >= 15 is 0 Å². The van der Waals surface area contributed by atoms with Crippen LogP contribution in [0.2, 0.25) is 10.0 Å². The molecule has 0 aliphatic heterocycles. The molecule has 26 heavy (non-hydrogen) atoms. The van der Waals surface area contributed by atoms with Crippen LogP contribution in [-0.4, -0.2) is 9.97 Å². The van der Waals surface area contributed by atoms with Gasteiger partial charge in [-0.25, -0.2) is 9.97 Å². The number of nitrogens with one attached hydrogen (secondary N) is 1. The van der Waals surface area contributed by atoms with E-state index in [-0.39, 0.29) is 0 Å². The number of benzene rings is 2. The molecule has 0 saturated carbocycles. The molecule has 0 atom stereocenters. The Bertz CT molecular complexity index is 1120. The van der Waals surface area contributed by atoms with Gasteiger partial charge in [0.2, 0.25) is 0 Å². The lowest BCUT2D eigenvalue weighted by atomic mass is 9.99. The van der Waals surface area contributed by atoms with E-state index in [1.165, 1.54) is 16.7 Å². The van der Waals surface area contributed by atoms with Gasteiger partial charge in [0.05, 0.1) is 16.1 Å². The van der Waals surface area contributed by atoms with Crippen LogP contribution in [0.3, 0.4) is 0 Å². The van der Waals surface area contributed by atoms with Gasteiger partial charge < -0.3 is 5.32 Å². The summed E-state index contributed by atoms with van der Waals surface area (Å²) in [6, 6.07) is 11.8. The summed E-state index contributed by atoms with van der Waals surface area (Å²) in [6.07, 6.45) is 1.56. The molecule has 4 aromatic rings. The first-order valence-corrected chi connectivity index (χ1v) is 9.68. The third-order valence-electron chi connectivity index (χ3n) is 4.22. The van der Waals surface area contributed by atoms with Crippen LogP contribution >= 0.6 is 34.5 Å². The number of rotatable bonds is 3. The van der Waals surface area contributed by atoms with Crippen molar-refractivity contribution in [2.45, 2.75) is 13.8 Å². The largest absolute Gasteiger partial charge is 0.338 e. The Morgan fingerprint density at radius 1 is 0.962 bits per heavy atom. The molecule has 1 N–H and O–H groups in total. The van der Waals surface area contributed by atoms with Crippen molar-refractivity contribution < 1.29 is 0 Å². The van der Waals surface area contributed by atoms with Gasteiger partial charge in [0.15, 0.2) is 0 Å². The normalized spacial score (nSPS) is 11.1. The predicted octanol–water partition coefficient (Wildman–Crippen LogP) is 7.03. The zero-order chi connectivity index (χ0) is 18.3. The molecule has 2 heterocycles. The van der Waals surface area contributed by atoms with Gasteiger partial charge in [0, 0.05) is 16.0 Å². The molecular weight excluding hydrogens is 385 g/mol. The quantitative estimate of drug-likeness (QED) is 0.401. The summed E-state index contributed by atoms with van der Waals surface area (Å²) < 4.78 is 0. The maximum absolute atomic E-state index is 6.31. The molecule has 3 nitrogen and oxygen atoms in total. The molecule has 0 aliphatic rings. The second kappa shape index (κ2) is 6.88. The van der Waals surface area contributed by atoms with Crippen LogP contribution in [0.4, 0.5) is 11.5 Å². The number of anilines is 2. The Kier molecular flexibility index (Phi) is 4.57. The first-order valence-electron chi connectivity index (χ1n) is 8.05. The lowest BCUT2D eigenvalue weighted by Gasteiger charge is -2.11. The van der Waals surface area contributed by atoms with Crippen molar-refractivity contribution in [3.05, 3.63) is 69.3 Å². The van der Waals surface area contributed by atoms with Crippen molar-refractivity contribution in [3.63, 3.8) is 0 Å². The molecule has 0 radical (unpaired) electrons. The van der Waals surface area contributed by atoms with Crippen molar-refractivity contribution in [2.24, 2.45) is 0 Å². The minimum atomic E-state index is 0.587. The average Bonchev–Trinajstić information content (AvgIpc) is 3.03. The van der Waals surface area contributed by atoms with Crippen molar-refractivity contribution >= 4 is 56.3 Å². The Balaban J connectivity index is 1.88. The summed E-state index contributed by atoms with van der Waals surface area (Å²) in [5, 5.41) is 7.64. The average molecular weight is 400 g/mol. The highest BCUT2D eigenvalue weighted by molar-refractivity contribution is 7.17. The molecule has 130 valence electrons. The number of halogens is 2.